The standard InChI is InChI=1S/C15H31N3O2/c1-12(2)11-14(16)15(19)17-13-5-8-18(9-6-13)7-4-10-20-3/h12-14H,4-11,16H2,1-3H3,(H,17,19)/t14-/m0/s1. The highest BCUT2D eigenvalue weighted by Crippen LogP contribution is 2.11. The Morgan fingerprint density at radius 3 is 2.60 bits per heavy atom. The number of ether oxygens (including phenoxy) is 1. The summed E-state index contributed by atoms with van der Waals surface area (Å²) in [5, 5.41) is 3.10. The zero-order valence-corrected chi connectivity index (χ0v) is 13.2. The molecule has 20 heavy (non-hydrogen) atoms. The molecule has 118 valence electrons. The maximum atomic E-state index is 12.0. The van der Waals surface area contributed by atoms with Crippen LogP contribution in [-0.2, 0) is 9.53 Å². The fourth-order valence-corrected chi connectivity index (χ4v) is 2.66. The molecule has 0 aliphatic carbocycles. The van der Waals surface area contributed by atoms with Gasteiger partial charge in [-0.05, 0) is 31.6 Å². The number of nitrogens with one attached hydrogen (secondary N) is 1. The van der Waals surface area contributed by atoms with Gasteiger partial charge in [0, 0.05) is 39.4 Å². The number of methoxy groups -OCH3 is 1. The highest BCUT2D eigenvalue weighted by molar-refractivity contribution is 5.81. The van der Waals surface area contributed by atoms with Crippen LogP contribution in [0.25, 0.3) is 0 Å². The van der Waals surface area contributed by atoms with E-state index >= 15 is 0 Å². The summed E-state index contributed by atoms with van der Waals surface area (Å²) in [4.78, 5) is 14.4. The van der Waals surface area contributed by atoms with Gasteiger partial charge in [0.2, 0.25) is 5.91 Å². The Bertz CT molecular complexity index is 276. The minimum Gasteiger partial charge on any atom is -0.385 e. The minimum atomic E-state index is -0.366. The van der Waals surface area contributed by atoms with Gasteiger partial charge in [-0.25, -0.2) is 0 Å². The maximum Gasteiger partial charge on any atom is 0.237 e. The van der Waals surface area contributed by atoms with E-state index in [1.54, 1.807) is 7.11 Å². The predicted octanol–water partition coefficient (Wildman–Crippen LogP) is 0.977. The Balaban J connectivity index is 2.20. The van der Waals surface area contributed by atoms with Crippen LogP contribution >= 0.6 is 0 Å². The van der Waals surface area contributed by atoms with Crippen LogP contribution in [0.1, 0.15) is 39.5 Å². The molecule has 5 heteroatoms. The molecule has 0 radical (unpaired) electrons. The van der Waals surface area contributed by atoms with Gasteiger partial charge in [0.15, 0.2) is 0 Å². The molecule has 1 atom stereocenters. The SMILES string of the molecule is COCCCN1CCC(NC(=O)[C@@H](N)CC(C)C)CC1. The summed E-state index contributed by atoms with van der Waals surface area (Å²) < 4.78 is 5.07. The highest BCUT2D eigenvalue weighted by Gasteiger charge is 2.23. The van der Waals surface area contributed by atoms with E-state index in [1.165, 1.54) is 0 Å². The van der Waals surface area contributed by atoms with Crippen LogP contribution in [0.4, 0.5) is 0 Å². The van der Waals surface area contributed by atoms with Crippen LogP contribution < -0.4 is 11.1 Å². The summed E-state index contributed by atoms with van der Waals surface area (Å²) in [6.07, 6.45) is 3.87. The number of hydrogen-bond donors (Lipinski definition) is 2. The fraction of sp³-hybridized carbons (Fsp3) is 0.933. The van der Waals surface area contributed by atoms with Crippen molar-refractivity contribution in [3.8, 4) is 0 Å². The van der Waals surface area contributed by atoms with Gasteiger partial charge in [0.05, 0.1) is 6.04 Å². The van der Waals surface area contributed by atoms with Crippen molar-refractivity contribution in [2.75, 3.05) is 33.4 Å². The van der Waals surface area contributed by atoms with Gasteiger partial charge < -0.3 is 20.7 Å². The van der Waals surface area contributed by atoms with Crippen molar-refractivity contribution < 1.29 is 9.53 Å². The van der Waals surface area contributed by atoms with E-state index in [4.69, 9.17) is 10.5 Å². The van der Waals surface area contributed by atoms with Gasteiger partial charge in [-0.1, -0.05) is 13.8 Å². The van der Waals surface area contributed by atoms with E-state index in [-0.39, 0.29) is 11.9 Å². The highest BCUT2D eigenvalue weighted by atomic mass is 16.5. The number of carbonyl (C=O) groups is 1. The van der Waals surface area contributed by atoms with Crippen molar-refractivity contribution in [1.29, 1.82) is 0 Å². The summed E-state index contributed by atoms with van der Waals surface area (Å²) in [5.74, 6) is 0.468. The average molecular weight is 285 g/mol. The third-order valence-corrected chi connectivity index (χ3v) is 3.82. The molecule has 0 aromatic heterocycles. The summed E-state index contributed by atoms with van der Waals surface area (Å²) in [6, 6.07) is -0.0749. The molecule has 1 aliphatic rings. The second-order valence-electron chi connectivity index (χ2n) is 6.21. The molecule has 5 nitrogen and oxygen atoms in total. The number of likely N-dealkylation sites (tertiary alicyclic amines) is 1. The Morgan fingerprint density at radius 2 is 2.05 bits per heavy atom. The number of carbonyl (C=O) groups excluding carboxylic acids is 1. The molecule has 0 spiro atoms. The molecule has 0 aromatic rings. The van der Waals surface area contributed by atoms with Crippen LogP contribution in [-0.4, -0.2) is 56.2 Å². The molecule has 1 heterocycles. The lowest BCUT2D eigenvalue weighted by Crippen LogP contribution is -2.50. The molecule has 1 rings (SSSR count). The molecule has 1 saturated heterocycles. The molecule has 0 unspecified atom stereocenters. The first kappa shape index (κ1) is 17.4. The van der Waals surface area contributed by atoms with E-state index in [0.717, 1.165) is 51.9 Å². The largest absolute Gasteiger partial charge is 0.385 e. The van der Waals surface area contributed by atoms with E-state index < -0.39 is 0 Å². The predicted molar refractivity (Wildman–Crippen MR) is 81.5 cm³/mol. The Hall–Kier alpha value is -0.650. The summed E-state index contributed by atoms with van der Waals surface area (Å²) in [5.41, 5.74) is 5.91. The Morgan fingerprint density at radius 1 is 1.40 bits per heavy atom. The van der Waals surface area contributed by atoms with Gasteiger partial charge in [-0.3, -0.25) is 4.79 Å². The van der Waals surface area contributed by atoms with E-state index in [9.17, 15) is 4.79 Å². The zero-order chi connectivity index (χ0) is 15.0. The zero-order valence-electron chi connectivity index (χ0n) is 13.2. The van der Waals surface area contributed by atoms with Crippen molar-refractivity contribution >= 4 is 5.91 Å². The fourth-order valence-electron chi connectivity index (χ4n) is 2.66. The molecule has 1 amide bonds. The summed E-state index contributed by atoms with van der Waals surface area (Å²) in [6.45, 7) is 8.18. The molecule has 0 saturated carbocycles. The molecule has 1 aliphatic heterocycles. The van der Waals surface area contributed by atoms with Gasteiger partial charge in [-0.2, -0.15) is 0 Å². The number of hydrogen-bond acceptors (Lipinski definition) is 4. The molecule has 0 aromatic carbocycles. The number of amides is 1. The van der Waals surface area contributed by atoms with E-state index in [1.807, 2.05) is 0 Å². The number of rotatable bonds is 8. The van der Waals surface area contributed by atoms with Crippen LogP contribution in [0.5, 0.6) is 0 Å². The van der Waals surface area contributed by atoms with Gasteiger partial charge in [-0.15, -0.1) is 0 Å². The maximum absolute atomic E-state index is 12.0. The first-order valence-corrected chi connectivity index (χ1v) is 7.80. The summed E-state index contributed by atoms with van der Waals surface area (Å²) in [7, 11) is 1.74. The lowest BCUT2D eigenvalue weighted by atomic mass is 10.0. The topological polar surface area (TPSA) is 67.6 Å². The first-order chi connectivity index (χ1) is 9.52. The van der Waals surface area contributed by atoms with E-state index in [2.05, 4.69) is 24.1 Å². The monoisotopic (exact) mass is 285 g/mol. The second kappa shape index (κ2) is 9.32. The number of piperidine rings is 1. The van der Waals surface area contributed by atoms with Crippen LogP contribution in [0, 0.1) is 5.92 Å². The normalized spacial score (nSPS) is 19.2. The lowest BCUT2D eigenvalue weighted by Gasteiger charge is -2.32. The van der Waals surface area contributed by atoms with E-state index in [0.29, 0.717) is 12.0 Å². The quantitative estimate of drug-likeness (QED) is 0.652. The third kappa shape index (κ3) is 6.68. The van der Waals surface area contributed by atoms with Gasteiger partial charge >= 0.3 is 0 Å². The third-order valence-electron chi connectivity index (χ3n) is 3.82. The number of nitrogens with zero attached hydrogens (tertiary/aromatic N) is 1. The van der Waals surface area contributed by atoms with Crippen molar-refractivity contribution in [2.45, 2.75) is 51.6 Å². The number of nitrogens with two attached hydrogens (primary N) is 1. The van der Waals surface area contributed by atoms with Crippen molar-refractivity contribution in [3.05, 3.63) is 0 Å². The second-order valence-corrected chi connectivity index (χ2v) is 6.21. The van der Waals surface area contributed by atoms with Crippen LogP contribution in [0.3, 0.4) is 0 Å². The smallest absolute Gasteiger partial charge is 0.237 e. The first-order valence-electron chi connectivity index (χ1n) is 7.80. The molecule has 1 fully saturated rings. The molecular formula is C15H31N3O2. The molecular weight excluding hydrogens is 254 g/mol. The van der Waals surface area contributed by atoms with Gasteiger partial charge in [0.25, 0.3) is 0 Å². The summed E-state index contributed by atoms with van der Waals surface area (Å²) >= 11 is 0. The van der Waals surface area contributed by atoms with Gasteiger partial charge in [0.1, 0.15) is 0 Å². The molecule has 0 bridgehead atoms. The Kier molecular flexibility index (Phi) is 8.11. The van der Waals surface area contributed by atoms with Crippen LogP contribution in [0.15, 0.2) is 0 Å². The molecule has 3 N–H and O–H groups in total. The van der Waals surface area contributed by atoms with Crippen molar-refractivity contribution in [3.63, 3.8) is 0 Å². The average Bonchev–Trinajstić information content (AvgIpc) is 2.40. The van der Waals surface area contributed by atoms with Crippen molar-refractivity contribution in [2.24, 2.45) is 11.7 Å². The Labute approximate surface area is 123 Å². The lowest BCUT2D eigenvalue weighted by molar-refractivity contribution is -0.123. The minimum absolute atomic E-state index is 0.0107. The van der Waals surface area contributed by atoms with Crippen LogP contribution in [0.2, 0.25) is 0 Å². The van der Waals surface area contributed by atoms with Crippen molar-refractivity contribution in [1.82, 2.24) is 10.2 Å².